The molecule has 4 heteroatoms. The van der Waals surface area contributed by atoms with Gasteiger partial charge in [0.1, 0.15) is 5.15 Å². The molecular formula is C16H17ClN2O. The molecule has 0 aliphatic heterocycles. The Hall–Kier alpha value is -1.87. The zero-order valence-electron chi connectivity index (χ0n) is 11.6. The average molecular weight is 289 g/mol. The second kappa shape index (κ2) is 6.53. The van der Waals surface area contributed by atoms with Crippen molar-refractivity contribution in [3.8, 4) is 0 Å². The van der Waals surface area contributed by atoms with E-state index in [4.69, 9.17) is 11.6 Å². The van der Waals surface area contributed by atoms with Gasteiger partial charge in [-0.15, -0.1) is 0 Å². The molecule has 0 saturated heterocycles. The molecular weight excluding hydrogens is 272 g/mol. The number of carbonyl (C=O) groups excluding carboxylic acids is 1. The largest absolute Gasteiger partial charge is 0.352 e. The molecule has 0 atom stereocenters. The quantitative estimate of drug-likeness (QED) is 0.877. The molecule has 2 aromatic rings. The summed E-state index contributed by atoms with van der Waals surface area (Å²) in [5.74, 6) is -0.119. The molecule has 1 heterocycles. The first kappa shape index (κ1) is 14.5. The van der Waals surface area contributed by atoms with E-state index in [1.807, 2.05) is 19.1 Å². The van der Waals surface area contributed by atoms with Crippen molar-refractivity contribution >= 4 is 17.5 Å². The zero-order valence-corrected chi connectivity index (χ0v) is 12.4. The van der Waals surface area contributed by atoms with Crippen LogP contribution in [0.3, 0.4) is 0 Å². The molecule has 0 bridgehead atoms. The third-order valence-electron chi connectivity index (χ3n) is 3.13. The lowest BCUT2D eigenvalue weighted by Crippen LogP contribution is -2.26. The summed E-state index contributed by atoms with van der Waals surface area (Å²) in [7, 11) is 0. The second-order valence-corrected chi connectivity index (χ2v) is 5.14. The van der Waals surface area contributed by atoms with Crippen molar-refractivity contribution in [2.75, 3.05) is 6.54 Å². The Labute approximate surface area is 124 Å². The van der Waals surface area contributed by atoms with Crippen molar-refractivity contribution in [1.29, 1.82) is 0 Å². The van der Waals surface area contributed by atoms with E-state index in [1.165, 1.54) is 11.1 Å². The normalized spacial score (nSPS) is 10.3. The molecule has 0 fully saturated rings. The van der Waals surface area contributed by atoms with Gasteiger partial charge >= 0.3 is 0 Å². The standard InChI is InChI=1S/C16H17ClN2O/c1-11-5-3-4-6-13(11)7-8-18-16(20)14-9-12(2)19-15(17)10-14/h3-6,9-10H,7-8H2,1-2H3,(H,18,20). The first-order valence-electron chi connectivity index (χ1n) is 6.53. The molecule has 104 valence electrons. The Morgan fingerprint density at radius 3 is 2.70 bits per heavy atom. The number of benzene rings is 1. The van der Waals surface area contributed by atoms with Gasteiger partial charge in [0.15, 0.2) is 0 Å². The van der Waals surface area contributed by atoms with Crippen molar-refractivity contribution < 1.29 is 4.79 Å². The van der Waals surface area contributed by atoms with Crippen LogP contribution in [0, 0.1) is 13.8 Å². The van der Waals surface area contributed by atoms with Gasteiger partial charge in [-0.3, -0.25) is 4.79 Å². The Morgan fingerprint density at radius 2 is 2.00 bits per heavy atom. The predicted molar refractivity (Wildman–Crippen MR) is 81.2 cm³/mol. The minimum atomic E-state index is -0.119. The minimum absolute atomic E-state index is 0.119. The van der Waals surface area contributed by atoms with E-state index >= 15 is 0 Å². The van der Waals surface area contributed by atoms with Crippen LogP contribution in [0.2, 0.25) is 5.15 Å². The van der Waals surface area contributed by atoms with Crippen molar-refractivity contribution in [2.24, 2.45) is 0 Å². The summed E-state index contributed by atoms with van der Waals surface area (Å²) in [6, 6.07) is 11.5. The van der Waals surface area contributed by atoms with Gasteiger partial charge in [-0.1, -0.05) is 35.9 Å². The van der Waals surface area contributed by atoms with Crippen LogP contribution >= 0.6 is 11.6 Å². The molecule has 0 aliphatic rings. The number of aromatic nitrogens is 1. The summed E-state index contributed by atoms with van der Waals surface area (Å²) in [4.78, 5) is 16.1. The highest BCUT2D eigenvalue weighted by atomic mass is 35.5. The number of hydrogen-bond donors (Lipinski definition) is 1. The number of carbonyl (C=O) groups is 1. The molecule has 0 unspecified atom stereocenters. The van der Waals surface area contributed by atoms with Crippen molar-refractivity contribution in [2.45, 2.75) is 20.3 Å². The predicted octanol–water partition coefficient (Wildman–Crippen LogP) is 3.32. The van der Waals surface area contributed by atoms with Crippen LogP contribution in [-0.4, -0.2) is 17.4 Å². The number of nitrogens with one attached hydrogen (secondary N) is 1. The number of amides is 1. The molecule has 1 amide bonds. The molecule has 0 saturated carbocycles. The van der Waals surface area contributed by atoms with Crippen LogP contribution < -0.4 is 5.32 Å². The highest BCUT2D eigenvalue weighted by Crippen LogP contribution is 2.11. The molecule has 20 heavy (non-hydrogen) atoms. The van der Waals surface area contributed by atoms with Crippen molar-refractivity contribution in [3.63, 3.8) is 0 Å². The van der Waals surface area contributed by atoms with E-state index in [0.717, 1.165) is 12.1 Å². The topological polar surface area (TPSA) is 42.0 Å². The van der Waals surface area contributed by atoms with Crippen LogP contribution in [0.15, 0.2) is 36.4 Å². The lowest BCUT2D eigenvalue weighted by atomic mass is 10.1. The van der Waals surface area contributed by atoms with Gasteiger partial charge in [0.25, 0.3) is 5.91 Å². The van der Waals surface area contributed by atoms with E-state index < -0.39 is 0 Å². The summed E-state index contributed by atoms with van der Waals surface area (Å²) < 4.78 is 0. The lowest BCUT2D eigenvalue weighted by molar-refractivity contribution is 0.0954. The molecule has 1 aromatic carbocycles. The number of pyridine rings is 1. The fraction of sp³-hybridized carbons (Fsp3) is 0.250. The van der Waals surface area contributed by atoms with Gasteiger partial charge in [0, 0.05) is 17.8 Å². The maximum Gasteiger partial charge on any atom is 0.251 e. The molecule has 0 radical (unpaired) electrons. The Bertz CT molecular complexity index is 605. The van der Waals surface area contributed by atoms with Crippen LogP contribution in [0.4, 0.5) is 0 Å². The van der Waals surface area contributed by atoms with E-state index in [9.17, 15) is 4.79 Å². The van der Waals surface area contributed by atoms with E-state index in [2.05, 4.69) is 29.4 Å². The van der Waals surface area contributed by atoms with Gasteiger partial charge in [0.05, 0.1) is 0 Å². The second-order valence-electron chi connectivity index (χ2n) is 4.75. The smallest absolute Gasteiger partial charge is 0.251 e. The molecule has 1 N–H and O–H groups in total. The van der Waals surface area contributed by atoms with Crippen LogP contribution in [-0.2, 0) is 6.42 Å². The maximum absolute atomic E-state index is 12.0. The number of rotatable bonds is 4. The first-order chi connectivity index (χ1) is 9.56. The summed E-state index contributed by atoms with van der Waals surface area (Å²) in [5.41, 5.74) is 3.77. The lowest BCUT2D eigenvalue weighted by Gasteiger charge is -2.08. The molecule has 0 aliphatic carbocycles. The van der Waals surface area contributed by atoms with Crippen molar-refractivity contribution in [1.82, 2.24) is 10.3 Å². The van der Waals surface area contributed by atoms with Gasteiger partial charge in [-0.2, -0.15) is 0 Å². The molecule has 1 aromatic heterocycles. The Morgan fingerprint density at radius 1 is 1.25 bits per heavy atom. The molecule has 2 rings (SSSR count). The maximum atomic E-state index is 12.0. The fourth-order valence-corrected chi connectivity index (χ4v) is 2.31. The minimum Gasteiger partial charge on any atom is -0.352 e. The van der Waals surface area contributed by atoms with Gasteiger partial charge < -0.3 is 5.32 Å². The van der Waals surface area contributed by atoms with Crippen LogP contribution in [0.25, 0.3) is 0 Å². The SMILES string of the molecule is Cc1cc(C(=O)NCCc2ccccc2C)cc(Cl)n1. The zero-order chi connectivity index (χ0) is 14.5. The summed E-state index contributed by atoms with van der Waals surface area (Å²) >= 11 is 5.85. The summed E-state index contributed by atoms with van der Waals surface area (Å²) in [6.07, 6.45) is 0.816. The van der Waals surface area contributed by atoms with Crippen LogP contribution in [0.1, 0.15) is 27.2 Å². The Kier molecular flexibility index (Phi) is 4.74. The average Bonchev–Trinajstić information content (AvgIpc) is 2.39. The van der Waals surface area contributed by atoms with Gasteiger partial charge in [-0.25, -0.2) is 4.98 Å². The number of halogens is 1. The third-order valence-corrected chi connectivity index (χ3v) is 3.32. The van der Waals surface area contributed by atoms with Gasteiger partial charge in [-0.05, 0) is 43.5 Å². The van der Waals surface area contributed by atoms with Gasteiger partial charge in [0.2, 0.25) is 0 Å². The molecule has 0 spiro atoms. The van der Waals surface area contributed by atoms with Crippen LogP contribution in [0.5, 0.6) is 0 Å². The number of aryl methyl sites for hydroxylation is 2. The highest BCUT2D eigenvalue weighted by Gasteiger charge is 2.07. The van der Waals surface area contributed by atoms with E-state index in [0.29, 0.717) is 17.3 Å². The third kappa shape index (κ3) is 3.81. The highest BCUT2D eigenvalue weighted by molar-refractivity contribution is 6.29. The van der Waals surface area contributed by atoms with E-state index in [1.54, 1.807) is 12.1 Å². The first-order valence-corrected chi connectivity index (χ1v) is 6.91. The monoisotopic (exact) mass is 288 g/mol. The Balaban J connectivity index is 1.94. The van der Waals surface area contributed by atoms with Crippen molar-refractivity contribution in [3.05, 3.63) is 63.9 Å². The summed E-state index contributed by atoms with van der Waals surface area (Å²) in [6.45, 7) is 4.49. The summed E-state index contributed by atoms with van der Waals surface area (Å²) in [5, 5.41) is 3.25. The number of hydrogen-bond acceptors (Lipinski definition) is 2. The number of nitrogens with zero attached hydrogens (tertiary/aromatic N) is 1. The van der Waals surface area contributed by atoms with E-state index in [-0.39, 0.29) is 5.91 Å². The fourth-order valence-electron chi connectivity index (χ4n) is 2.06. The molecule has 3 nitrogen and oxygen atoms in total.